The SMILES string of the molecule is CCCC(C)NC(=O)CNCc1cncs1. The molecule has 1 unspecified atom stereocenters. The van der Waals surface area contributed by atoms with Crippen LogP contribution >= 0.6 is 11.3 Å². The Hall–Kier alpha value is -0.940. The van der Waals surface area contributed by atoms with Crippen LogP contribution in [0.25, 0.3) is 0 Å². The van der Waals surface area contributed by atoms with Crippen LogP contribution in [-0.4, -0.2) is 23.5 Å². The topological polar surface area (TPSA) is 54.0 Å². The van der Waals surface area contributed by atoms with Gasteiger partial charge in [0.25, 0.3) is 0 Å². The molecule has 1 rings (SSSR count). The van der Waals surface area contributed by atoms with Crippen molar-refractivity contribution < 1.29 is 4.79 Å². The molecule has 0 bridgehead atoms. The van der Waals surface area contributed by atoms with Crippen molar-refractivity contribution in [3.05, 3.63) is 16.6 Å². The third-order valence-corrected chi connectivity index (χ3v) is 2.98. The van der Waals surface area contributed by atoms with Gasteiger partial charge in [-0.15, -0.1) is 11.3 Å². The van der Waals surface area contributed by atoms with E-state index in [9.17, 15) is 4.79 Å². The summed E-state index contributed by atoms with van der Waals surface area (Å²) in [5.74, 6) is 0.0606. The first kappa shape index (κ1) is 13.1. The maximum atomic E-state index is 11.5. The molecule has 0 saturated heterocycles. The predicted octanol–water partition coefficient (Wildman–Crippen LogP) is 1.54. The van der Waals surface area contributed by atoms with Crippen molar-refractivity contribution in [1.29, 1.82) is 0 Å². The van der Waals surface area contributed by atoms with Gasteiger partial charge < -0.3 is 10.6 Å². The highest BCUT2D eigenvalue weighted by atomic mass is 32.1. The van der Waals surface area contributed by atoms with Gasteiger partial charge in [0, 0.05) is 23.7 Å². The second-order valence-corrected chi connectivity index (χ2v) is 4.80. The summed E-state index contributed by atoms with van der Waals surface area (Å²) in [5, 5.41) is 6.04. The van der Waals surface area contributed by atoms with Crippen molar-refractivity contribution in [2.45, 2.75) is 39.3 Å². The van der Waals surface area contributed by atoms with Crippen LogP contribution in [0.2, 0.25) is 0 Å². The van der Waals surface area contributed by atoms with E-state index in [-0.39, 0.29) is 11.9 Å². The van der Waals surface area contributed by atoms with Gasteiger partial charge in [-0.3, -0.25) is 9.78 Å². The van der Waals surface area contributed by atoms with Gasteiger partial charge in [-0.1, -0.05) is 13.3 Å². The van der Waals surface area contributed by atoms with E-state index >= 15 is 0 Å². The van der Waals surface area contributed by atoms with Crippen LogP contribution in [0.3, 0.4) is 0 Å². The van der Waals surface area contributed by atoms with Crippen LogP contribution < -0.4 is 10.6 Å². The lowest BCUT2D eigenvalue weighted by Gasteiger charge is -2.12. The van der Waals surface area contributed by atoms with Crippen LogP contribution in [-0.2, 0) is 11.3 Å². The van der Waals surface area contributed by atoms with Crippen molar-refractivity contribution in [1.82, 2.24) is 15.6 Å². The normalized spacial score (nSPS) is 12.4. The van der Waals surface area contributed by atoms with E-state index in [1.165, 1.54) is 0 Å². The van der Waals surface area contributed by atoms with Gasteiger partial charge in [0.2, 0.25) is 5.91 Å². The number of carbonyl (C=O) groups is 1. The second-order valence-electron chi connectivity index (χ2n) is 3.83. The number of amides is 1. The minimum absolute atomic E-state index is 0.0606. The third-order valence-electron chi connectivity index (χ3n) is 2.20. The first-order valence-electron chi connectivity index (χ1n) is 5.59. The van der Waals surface area contributed by atoms with Gasteiger partial charge in [-0.05, 0) is 13.3 Å². The van der Waals surface area contributed by atoms with Crippen molar-refractivity contribution >= 4 is 17.2 Å². The standard InChI is InChI=1S/C11H19N3OS/c1-3-4-9(2)14-11(15)7-12-5-10-6-13-8-16-10/h6,8-9,12H,3-5,7H2,1-2H3,(H,14,15). The molecule has 0 aromatic carbocycles. The molecule has 1 atom stereocenters. The third kappa shape index (κ3) is 5.23. The summed E-state index contributed by atoms with van der Waals surface area (Å²) < 4.78 is 0. The highest BCUT2D eigenvalue weighted by Crippen LogP contribution is 2.03. The molecule has 0 spiro atoms. The van der Waals surface area contributed by atoms with Crippen LogP contribution in [0.1, 0.15) is 31.6 Å². The molecule has 0 fully saturated rings. The molecule has 0 aliphatic heterocycles. The summed E-state index contributed by atoms with van der Waals surface area (Å²) in [5.41, 5.74) is 1.79. The summed E-state index contributed by atoms with van der Waals surface area (Å²) in [4.78, 5) is 16.6. The molecule has 1 heterocycles. The summed E-state index contributed by atoms with van der Waals surface area (Å²) >= 11 is 1.59. The van der Waals surface area contributed by atoms with Crippen LogP contribution in [0, 0.1) is 0 Å². The Morgan fingerprint density at radius 3 is 3.06 bits per heavy atom. The fraction of sp³-hybridized carbons (Fsp3) is 0.636. The van der Waals surface area contributed by atoms with Gasteiger partial charge >= 0.3 is 0 Å². The lowest BCUT2D eigenvalue weighted by molar-refractivity contribution is -0.120. The minimum Gasteiger partial charge on any atom is -0.353 e. The smallest absolute Gasteiger partial charge is 0.234 e. The van der Waals surface area contributed by atoms with Gasteiger partial charge in [0.1, 0.15) is 0 Å². The zero-order valence-electron chi connectivity index (χ0n) is 9.82. The number of thiazole rings is 1. The summed E-state index contributed by atoms with van der Waals surface area (Å²) in [6.07, 6.45) is 3.94. The summed E-state index contributed by atoms with van der Waals surface area (Å²) in [6, 6.07) is 0.266. The highest BCUT2D eigenvalue weighted by Gasteiger charge is 2.05. The zero-order chi connectivity index (χ0) is 11.8. The number of hydrogen-bond acceptors (Lipinski definition) is 4. The highest BCUT2D eigenvalue weighted by molar-refractivity contribution is 7.09. The molecular weight excluding hydrogens is 222 g/mol. The summed E-state index contributed by atoms with van der Waals surface area (Å²) in [6.45, 7) is 5.22. The number of rotatable bonds is 7. The Balaban J connectivity index is 2.10. The number of hydrogen-bond donors (Lipinski definition) is 2. The van der Waals surface area contributed by atoms with Crippen LogP contribution in [0.4, 0.5) is 0 Å². The van der Waals surface area contributed by atoms with E-state index in [1.54, 1.807) is 16.8 Å². The van der Waals surface area contributed by atoms with E-state index < -0.39 is 0 Å². The van der Waals surface area contributed by atoms with Gasteiger partial charge in [0.15, 0.2) is 0 Å². The van der Waals surface area contributed by atoms with E-state index in [0.29, 0.717) is 13.1 Å². The largest absolute Gasteiger partial charge is 0.353 e. The fourth-order valence-electron chi connectivity index (χ4n) is 1.46. The first-order valence-corrected chi connectivity index (χ1v) is 6.47. The Labute approximate surface area is 100 Å². The Morgan fingerprint density at radius 1 is 1.62 bits per heavy atom. The van der Waals surface area contributed by atoms with E-state index in [4.69, 9.17) is 0 Å². The van der Waals surface area contributed by atoms with E-state index in [0.717, 1.165) is 17.7 Å². The minimum atomic E-state index is 0.0606. The first-order chi connectivity index (χ1) is 7.72. The molecule has 16 heavy (non-hydrogen) atoms. The molecule has 4 nitrogen and oxygen atoms in total. The molecule has 90 valence electrons. The maximum Gasteiger partial charge on any atom is 0.234 e. The zero-order valence-corrected chi connectivity index (χ0v) is 10.6. The van der Waals surface area contributed by atoms with Crippen LogP contribution in [0.15, 0.2) is 11.7 Å². The monoisotopic (exact) mass is 241 g/mol. The van der Waals surface area contributed by atoms with E-state index in [1.807, 2.05) is 13.1 Å². The predicted molar refractivity (Wildman–Crippen MR) is 66.3 cm³/mol. The number of aromatic nitrogens is 1. The van der Waals surface area contributed by atoms with Gasteiger partial charge in [-0.25, -0.2) is 0 Å². The number of nitrogens with zero attached hydrogens (tertiary/aromatic N) is 1. The molecule has 0 radical (unpaired) electrons. The lowest BCUT2D eigenvalue weighted by Crippen LogP contribution is -2.38. The van der Waals surface area contributed by atoms with Crippen molar-refractivity contribution in [3.8, 4) is 0 Å². The van der Waals surface area contributed by atoms with Gasteiger partial charge in [-0.2, -0.15) is 0 Å². The molecule has 1 aromatic heterocycles. The molecule has 5 heteroatoms. The second kappa shape index (κ2) is 7.35. The Bertz CT molecular complexity index is 300. The molecular formula is C11H19N3OS. The van der Waals surface area contributed by atoms with Crippen molar-refractivity contribution in [2.24, 2.45) is 0 Å². The maximum absolute atomic E-state index is 11.5. The average molecular weight is 241 g/mol. The molecule has 1 aromatic rings. The van der Waals surface area contributed by atoms with E-state index in [2.05, 4.69) is 22.5 Å². The van der Waals surface area contributed by atoms with Crippen molar-refractivity contribution in [3.63, 3.8) is 0 Å². The fourth-order valence-corrected chi connectivity index (χ4v) is 2.02. The Morgan fingerprint density at radius 2 is 2.44 bits per heavy atom. The van der Waals surface area contributed by atoms with Gasteiger partial charge in [0.05, 0.1) is 12.1 Å². The average Bonchev–Trinajstić information content (AvgIpc) is 2.70. The molecule has 0 aliphatic rings. The molecule has 1 amide bonds. The summed E-state index contributed by atoms with van der Waals surface area (Å²) in [7, 11) is 0. The quantitative estimate of drug-likeness (QED) is 0.761. The number of nitrogens with one attached hydrogen (secondary N) is 2. The van der Waals surface area contributed by atoms with Crippen LogP contribution in [0.5, 0.6) is 0 Å². The molecule has 2 N–H and O–H groups in total. The Kier molecular flexibility index (Phi) is 6.03. The van der Waals surface area contributed by atoms with Crippen molar-refractivity contribution in [2.75, 3.05) is 6.54 Å². The number of carbonyl (C=O) groups excluding carboxylic acids is 1. The molecule has 0 aliphatic carbocycles. The molecule has 0 saturated carbocycles. The lowest BCUT2D eigenvalue weighted by atomic mass is 10.2.